The number of para-hydroxylation sites is 1. The third kappa shape index (κ3) is 3.22. The highest BCUT2D eigenvalue weighted by Gasteiger charge is 2.17. The minimum Gasteiger partial charge on any atom is -0.488 e. The normalized spacial score (nSPS) is 14.5. The summed E-state index contributed by atoms with van der Waals surface area (Å²) in [7, 11) is 0. The fourth-order valence-electron chi connectivity index (χ4n) is 3.10. The van der Waals surface area contributed by atoms with E-state index in [4.69, 9.17) is 27.9 Å². The van der Waals surface area contributed by atoms with E-state index in [2.05, 4.69) is 28.5 Å². The van der Waals surface area contributed by atoms with E-state index in [0.29, 0.717) is 15.7 Å². The van der Waals surface area contributed by atoms with Gasteiger partial charge >= 0.3 is 0 Å². The monoisotopic (exact) mass is 385 g/mol. The van der Waals surface area contributed by atoms with Gasteiger partial charge in [0, 0.05) is 11.6 Å². The molecule has 1 unspecified atom stereocenters. The van der Waals surface area contributed by atoms with Crippen LogP contribution < -0.4 is 10.4 Å². The van der Waals surface area contributed by atoms with Crippen molar-refractivity contribution >= 4 is 35.0 Å². The van der Waals surface area contributed by atoms with E-state index in [9.17, 15) is 0 Å². The van der Waals surface area contributed by atoms with Crippen LogP contribution >= 0.6 is 23.2 Å². The largest absolute Gasteiger partial charge is 0.488 e. The first-order valence-corrected chi connectivity index (χ1v) is 9.21. The van der Waals surface area contributed by atoms with E-state index in [-0.39, 0.29) is 6.10 Å². The molecular formula is C20H17Cl2N3O. The molecule has 0 spiro atoms. The summed E-state index contributed by atoms with van der Waals surface area (Å²) in [5.74, 6) is 0.987. The summed E-state index contributed by atoms with van der Waals surface area (Å²) >= 11 is 12.5. The van der Waals surface area contributed by atoms with Crippen LogP contribution in [0.1, 0.15) is 31.6 Å². The number of rotatable bonds is 4. The van der Waals surface area contributed by atoms with E-state index in [1.807, 2.05) is 19.1 Å². The zero-order valence-electron chi connectivity index (χ0n) is 14.2. The fraction of sp³-hybridized carbons (Fsp3) is 0.200. The van der Waals surface area contributed by atoms with Crippen LogP contribution in [0.2, 0.25) is 10.0 Å². The molecule has 132 valence electrons. The number of ether oxygens (including phenoxy) is 1. The van der Waals surface area contributed by atoms with Crippen LogP contribution in [0.4, 0.5) is 0 Å². The lowest BCUT2D eigenvalue weighted by molar-refractivity contribution is 0.172. The Kier molecular flexibility index (Phi) is 4.70. The van der Waals surface area contributed by atoms with Crippen molar-refractivity contribution < 1.29 is 4.74 Å². The first-order valence-electron chi connectivity index (χ1n) is 8.45. The standard InChI is InChI=1S/C20H17Cl2N3O/c1-13(26-19-11-4-7-14-6-2-3-8-15(14)19)18-12-25(24-23-18)20-16(21)9-5-10-17(20)22/h2-3,5-10,12-13H,4,11H2,1H3. The SMILES string of the molecule is CC(OC1=c2ccccc2=CCC1)c1cn(-c2c(Cl)cccc2Cl)nn1. The number of benzene rings is 2. The number of fused-ring (bicyclic) bond motifs is 1. The molecule has 1 aliphatic carbocycles. The molecule has 3 aromatic rings. The zero-order chi connectivity index (χ0) is 18.1. The van der Waals surface area contributed by atoms with E-state index < -0.39 is 0 Å². The molecule has 1 atom stereocenters. The molecule has 4 rings (SSSR count). The van der Waals surface area contributed by atoms with Crippen molar-refractivity contribution in [3.05, 3.63) is 74.8 Å². The summed E-state index contributed by atoms with van der Waals surface area (Å²) in [5.41, 5.74) is 1.34. The van der Waals surface area contributed by atoms with Gasteiger partial charge in [-0.1, -0.05) is 64.8 Å². The summed E-state index contributed by atoms with van der Waals surface area (Å²) in [6.07, 6.45) is 5.67. The molecule has 0 bridgehead atoms. The lowest BCUT2D eigenvalue weighted by atomic mass is 10.1. The van der Waals surface area contributed by atoms with Crippen LogP contribution in [0.15, 0.2) is 48.7 Å². The van der Waals surface area contributed by atoms with Crippen LogP contribution in [-0.2, 0) is 4.74 Å². The van der Waals surface area contributed by atoms with Gasteiger partial charge in [0.05, 0.1) is 16.2 Å². The Bertz CT molecular complexity index is 1050. The third-order valence-electron chi connectivity index (χ3n) is 4.41. The van der Waals surface area contributed by atoms with Gasteiger partial charge in [0.25, 0.3) is 0 Å². The molecule has 0 saturated carbocycles. The molecule has 1 aliphatic rings. The molecule has 2 aromatic carbocycles. The van der Waals surface area contributed by atoms with Gasteiger partial charge in [-0.2, -0.15) is 0 Å². The van der Waals surface area contributed by atoms with E-state index in [1.165, 1.54) is 5.22 Å². The van der Waals surface area contributed by atoms with Crippen LogP contribution in [-0.4, -0.2) is 15.0 Å². The van der Waals surface area contributed by atoms with Gasteiger partial charge in [0.15, 0.2) is 0 Å². The van der Waals surface area contributed by atoms with Crippen LogP contribution in [0.3, 0.4) is 0 Å². The second kappa shape index (κ2) is 7.14. The van der Waals surface area contributed by atoms with Gasteiger partial charge in [-0.05, 0) is 30.7 Å². The molecule has 26 heavy (non-hydrogen) atoms. The molecule has 0 aliphatic heterocycles. The molecule has 0 saturated heterocycles. The molecular weight excluding hydrogens is 369 g/mol. The summed E-state index contributed by atoms with van der Waals surface area (Å²) < 4.78 is 7.82. The van der Waals surface area contributed by atoms with Crippen LogP contribution in [0, 0.1) is 0 Å². The maximum atomic E-state index is 6.25. The van der Waals surface area contributed by atoms with Gasteiger partial charge in [-0.3, -0.25) is 0 Å². The van der Waals surface area contributed by atoms with Crippen molar-refractivity contribution in [2.24, 2.45) is 0 Å². The van der Waals surface area contributed by atoms with Crippen molar-refractivity contribution in [3.8, 4) is 5.69 Å². The molecule has 1 aromatic heterocycles. The average molecular weight is 386 g/mol. The predicted molar refractivity (Wildman–Crippen MR) is 104 cm³/mol. The smallest absolute Gasteiger partial charge is 0.141 e. The van der Waals surface area contributed by atoms with Crippen LogP contribution in [0.5, 0.6) is 0 Å². The number of hydrogen-bond donors (Lipinski definition) is 0. The maximum absolute atomic E-state index is 6.25. The molecule has 0 amide bonds. The van der Waals surface area contributed by atoms with E-state index in [0.717, 1.165) is 29.5 Å². The van der Waals surface area contributed by atoms with E-state index >= 15 is 0 Å². The lowest BCUT2D eigenvalue weighted by Crippen LogP contribution is -2.30. The first-order chi connectivity index (χ1) is 12.6. The highest BCUT2D eigenvalue weighted by Crippen LogP contribution is 2.29. The molecule has 0 radical (unpaired) electrons. The minimum absolute atomic E-state index is 0.230. The van der Waals surface area contributed by atoms with Gasteiger partial charge in [-0.15, -0.1) is 5.10 Å². The Morgan fingerprint density at radius 2 is 1.85 bits per heavy atom. The van der Waals surface area contributed by atoms with Gasteiger partial charge < -0.3 is 4.74 Å². The van der Waals surface area contributed by atoms with Crippen LogP contribution in [0.25, 0.3) is 17.5 Å². The third-order valence-corrected chi connectivity index (χ3v) is 5.02. The number of halogens is 2. The second-order valence-corrected chi connectivity index (χ2v) is 6.99. The first kappa shape index (κ1) is 17.1. The second-order valence-electron chi connectivity index (χ2n) is 6.17. The molecule has 4 nitrogen and oxygen atoms in total. The van der Waals surface area contributed by atoms with Crippen molar-refractivity contribution in [2.75, 3.05) is 0 Å². The Balaban J connectivity index is 1.64. The zero-order valence-corrected chi connectivity index (χ0v) is 15.7. The highest BCUT2D eigenvalue weighted by atomic mass is 35.5. The fourth-order valence-corrected chi connectivity index (χ4v) is 3.67. The Morgan fingerprint density at radius 1 is 1.08 bits per heavy atom. The van der Waals surface area contributed by atoms with Gasteiger partial charge in [-0.25, -0.2) is 4.68 Å². The van der Waals surface area contributed by atoms with Gasteiger partial charge in [0.1, 0.15) is 23.2 Å². The highest BCUT2D eigenvalue weighted by molar-refractivity contribution is 6.37. The summed E-state index contributed by atoms with van der Waals surface area (Å²) in [5, 5.41) is 11.8. The number of aromatic nitrogens is 3. The number of nitrogens with zero attached hydrogens (tertiary/aromatic N) is 3. The minimum atomic E-state index is -0.230. The van der Waals surface area contributed by atoms with Crippen molar-refractivity contribution in [2.45, 2.75) is 25.9 Å². The van der Waals surface area contributed by atoms with E-state index in [1.54, 1.807) is 29.1 Å². The van der Waals surface area contributed by atoms with Crippen molar-refractivity contribution in [1.82, 2.24) is 15.0 Å². The lowest BCUT2D eigenvalue weighted by Gasteiger charge is -2.17. The Labute approximate surface area is 161 Å². The topological polar surface area (TPSA) is 39.9 Å². The summed E-state index contributed by atoms with van der Waals surface area (Å²) in [4.78, 5) is 0. The summed E-state index contributed by atoms with van der Waals surface area (Å²) in [6, 6.07) is 13.6. The molecule has 6 heteroatoms. The van der Waals surface area contributed by atoms with Crippen molar-refractivity contribution in [1.29, 1.82) is 0 Å². The molecule has 0 N–H and O–H groups in total. The predicted octanol–water partition coefficient (Wildman–Crippen LogP) is 4.03. The number of hydrogen-bond acceptors (Lipinski definition) is 3. The molecule has 0 fully saturated rings. The molecule has 1 heterocycles. The Hall–Kier alpha value is -2.30. The quantitative estimate of drug-likeness (QED) is 0.680. The van der Waals surface area contributed by atoms with Gasteiger partial charge in [0.2, 0.25) is 0 Å². The Morgan fingerprint density at radius 3 is 2.65 bits per heavy atom. The van der Waals surface area contributed by atoms with Crippen molar-refractivity contribution in [3.63, 3.8) is 0 Å². The summed E-state index contributed by atoms with van der Waals surface area (Å²) in [6.45, 7) is 1.97. The average Bonchev–Trinajstić information content (AvgIpc) is 3.12. The maximum Gasteiger partial charge on any atom is 0.141 e.